The third-order valence-electron chi connectivity index (χ3n) is 4.54. The normalized spacial score (nSPS) is 16.2. The smallest absolute Gasteiger partial charge is 0.347 e. The number of aliphatic hydroxyl groups is 1. The number of esters is 2. The number of hydrogen-bond acceptors (Lipinski definition) is 10. The minimum absolute atomic E-state index is 0.301. The fourth-order valence-corrected chi connectivity index (χ4v) is 3.39. The first-order valence-electron chi connectivity index (χ1n) is 9.80. The third kappa shape index (κ3) is 5.19. The van der Waals surface area contributed by atoms with Crippen molar-refractivity contribution in [2.45, 2.75) is 39.1 Å². The highest BCUT2D eigenvalue weighted by atomic mass is 79.9. The second kappa shape index (κ2) is 10.0. The Morgan fingerprint density at radius 3 is 2.50 bits per heavy atom. The summed E-state index contributed by atoms with van der Waals surface area (Å²) in [5.74, 6) is -2.05. The topological polar surface area (TPSA) is 143 Å². The molecule has 1 aliphatic rings. The average molecular weight is 508 g/mol. The maximum Gasteiger partial charge on any atom is 0.347 e. The van der Waals surface area contributed by atoms with E-state index >= 15 is 0 Å². The molecule has 1 amide bonds. The highest BCUT2D eigenvalue weighted by molar-refractivity contribution is 9.10. The van der Waals surface area contributed by atoms with Gasteiger partial charge in [-0.2, -0.15) is 0 Å². The lowest BCUT2D eigenvalue weighted by Gasteiger charge is -2.24. The van der Waals surface area contributed by atoms with Crippen molar-refractivity contribution in [3.63, 3.8) is 0 Å². The molecule has 0 spiro atoms. The summed E-state index contributed by atoms with van der Waals surface area (Å²) in [5.41, 5.74) is 1.99. The number of hydrogen-bond donors (Lipinski definition) is 2. The minimum atomic E-state index is -1.38. The van der Waals surface area contributed by atoms with E-state index < -0.39 is 36.2 Å². The standard InChI is InChI=1S/C20H22BrN5O6/c1-10(27)18(29)32-12(3)19(30)31-11(2)17(28)26-9-8-24-20(26)25-13-4-5-14-16(15(13)21)23-7-6-22-14/h4-7,10-12,27H,8-9H2,1-3H3,(H,24,25). The number of fused-ring (bicyclic) bond motifs is 1. The number of benzene rings is 1. The van der Waals surface area contributed by atoms with Crippen LogP contribution in [0.25, 0.3) is 11.0 Å². The van der Waals surface area contributed by atoms with E-state index in [1.165, 1.54) is 25.7 Å². The van der Waals surface area contributed by atoms with Crippen LogP contribution in [0.1, 0.15) is 20.8 Å². The van der Waals surface area contributed by atoms with Crippen molar-refractivity contribution in [3.8, 4) is 0 Å². The molecule has 0 saturated carbocycles. The number of halogens is 1. The fourth-order valence-electron chi connectivity index (χ4n) is 2.85. The van der Waals surface area contributed by atoms with Crippen LogP contribution in [-0.2, 0) is 23.9 Å². The molecule has 32 heavy (non-hydrogen) atoms. The maximum absolute atomic E-state index is 12.9. The summed E-state index contributed by atoms with van der Waals surface area (Å²) in [4.78, 5) is 50.7. The molecule has 3 rings (SSSR count). The van der Waals surface area contributed by atoms with Crippen LogP contribution in [0.2, 0.25) is 0 Å². The van der Waals surface area contributed by atoms with Crippen molar-refractivity contribution in [1.82, 2.24) is 14.9 Å². The summed E-state index contributed by atoms with van der Waals surface area (Å²) < 4.78 is 10.6. The molecule has 0 saturated heterocycles. The van der Waals surface area contributed by atoms with E-state index in [2.05, 4.69) is 36.2 Å². The first-order valence-corrected chi connectivity index (χ1v) is 10.6. The lowest BCUT2D eigenvalue weighted by molar-refractivity contribution is -0.175. The number of carbonyl (C=O) groups is 3. The number of rotatable bonds is 6. The molecule has 1 aliphatic heterocycles. The molecular weight excluding hydrogens is 486 g/mol. The second-order valence-corrected chi connectivity index (χ2v) is 7.80. The Kier molecular flexibility index (Phi) is 7.36. The van der Waals surface area contributed by atoms with Crippen LogP contribution in [0.15, 0.2) is 34.0 Å². The van der Waals surface area contributed by atoms with Gasteiger partial charge >= 0.3 is 11.9 Å². The number of nitrogens with zero attached hydrogens (tertiary/aromatic N) is 4. The molecule has 11 nitrogen and oxygen atoms in total. The van der Waals surface area contributed by atoms with Crippen LogP contribution in [0.3, 0.4) is 0 Å². The van der Waals surface area contributed by atoms with Gasteiger partial charge in [-0.3, -0.25) is 24.7 Å². The van der Waals surface area contributed by atoms with Crippen molar-refractivity contribution in [1.29, 1.82) is 0 Å². The van der Waals surface area contributed by atoms with E-state index in [1.807, 2.05) is 0 Å². The molecule has 0 bridgehead atoms. The molecule has 0 radical (unpaired) electrons. The highest BCUT2D eigenvalue weighted by Gasteiger charge is 2.32. The van der Waals surface area contributed by atoms with E-state index in [0.29, 0.717) is 40.2 Å². The zero-order valence-corrected chi connectivity index (χ0v) is 19.2. The van der Waals surface area contributed by atoms with Gasteiger partial charge in [-0.1, -0.05) is 0 Å². The molecule has 1 aromatic carbocycles. The molecule has 2 aromatic rings. The van der Waals surface area contributed by atoms with Gasteiger partial charge in [-0.05, 0) is 48.8 Å². The zero-order chi connectivity index (χ0) is 23.4. The van der Waals surface area contributed by atoms with Gasteiger partial charge < -0.3 is 19.9 Å². The molecule has 12 heteroatoms. The number of carbonyl (C=O) groups excluding carboxylic acids is 3. The Labute approximate surface area is 192 Å². The van der Waals surface area contributed by atoms with Gasteiger partial charge in [-0.25, -0.2) is 9.59 Å². The van der Waals surface area contributed by atoms with Gasteiger partial charge in [-0.15, -0.1) is 0 Å². The Morgan fingerprint density at radius 1 is 1.09 bits per heavy atom. The van der Waals surface area contributed by atoms with Crippen molar-refractivity contribution in [2.24, 2.45) is 4.99 Å². The average Bonchev–Trinajstić information content (AvgIpc) is 3.23. The summed E-state index contributed by atoms with van der Waals surface area (Å²) in [6.07, 6.45) is -0.620. The van der Waals surface area contributed by atoms with Gasteiger partial charge in [0.05, 0.1) is 22.2 Å². The number of ether oxygens (including phenoxy) is 2. The summed E-state index contributed by atoms with van der Waals surface area (Å²) in [7, 11) is 0. The molecule has 2 heterocycles. The Hall–Kier alpha value is -3.12. The van der Waals surface area contributed by atoms with Crippen molar-refractivity contribution in [3.05, 3.63) is 29.0 Å². The monoisotopic (exact) mass is 507 g/mol. The van der Waals surface area contributed by atoms with E-state index in [4.69, 9.17) is 9.47 Å². The molecule has 0 fully saturated rings. The number of anilines is 1. The van der Waals surface area contributed by atoms with E-state index in [9.17, 15) is 19.5 Å². The lowest BCUT2D eigenvalue weighted by Crippen LogP contribution is -2.45. The predicted molar refractivity (Wildman–Crippen MR) is 118 cm³/mol. The lowest BCUT2D eigenvalue weighted by atomic mass is 10.2. The number of amides is 1. The van der Waals surface area contributed by atoms with E-state index in [-0.39, 0.29) is 0 Å². The van der Waals surface area contributed by atoms with E-state index in [1.54, 1.807) is 24.5 Å². The van der Waals surface area contributed by atoms with Crippen LogP contribution >= 0.6 is 15.9 Å². The van der Waals surface area contributed by atoms with Gasteiger partial charge in [0.25, 0.3) is 5.91 Å². The van der Waals surface area contributed by atoms with Crippen molar-refractivity contribution >= 4 is 56.5 Å². The third-order valence-corrected chi connectivity index (χ3v) is 5.34. The largest absolute Gasteiger partial charge is 0.450 e. The van der Waals surface area contributed by atoms with Gasteiger partial charge in [0.1, 0.15) is 11.6 Å². The Balaban J connectivity index is 1.66. The van der Waals surface area contributed by atoms with Gasteiger partial charge in [0.15, 0.2) is 12.2 Å². The van der Waals surface area contributed by atoms with Crippen LogP contribution in [-0.4, -0.2) is 75.2 Å². The first-order chi connectivity index (χ1) is 15.2. The molecular formula is C20H22BrN5O6. The molecule has 0 aliphatic carbocycles. The van der Waals surface area contributed by atoms with Crippen LogP contribution < -0.4 is 5.32 Å². The maximum atomic E-state index is 12.9. The summed E-state index contributed by atoms with van der Waals surface area (Å²) in [5, 5.41) is 12.3. The van der Waals surface area contributed by atoms with E-state index in [0.717, 1.165) is 0 Å². The van der Waals surface area contributed by atoms with Gasteiger partial charge in [0, 0.05) is 18.9 Å². The number of guanidine groups is 1. The Morgan fingerprint density at radius 2 is 1.78 bits per heavy atom. The minimum Gasteiger partial charge on any atom is -0.450 e. The predicted octanol–water partition coefficient (Wildman–Crippen LogP) is 1.25. The summed E-state index contributed by atoms with van der Waals surface area (Å²) in [6.45, 7) is 4.61. The second-order valence-electron chi connectivity index (χ2n) is 7.01. The van der Waals surface area contributed by atoms with Crippen LogP contribution in [0.4, 0.5) is 5.69 Å². The Bertz CT molecular complexity index is 1080. The number of aliphatic imine (C=N–C) groups is 1. The number of nitrogens with one attached hydrogen (secondary N) is 1. The van der Waals surface area contributed by atoms with Crippen molar-refractivity contribution in [2.75, 3.05) is 18.4 Å². The quantitative estimate of drug-likeness (QED) is 0.551. The zero-order valence-electron chi connectivity index (χ0n) is 17.6. The SMILES string of the molecule is CC(O)C(=O)OC(C)C(=O)OC(C)C(=O)N1CCN=C1Nc1ccc2nccnc2c1Br. The molecule has 1 aromatic heterocycles. The molecule has 170 valence electrons. The number of aliphatic hydroxyl groups excluding tert-OH is 1. The molecule has 3 unspecified atom stereocenters. The van der Waals surface area contributed by atoms with Gasteiger partial charge in [0.2, 0.25) is 5.96 Å². The molecule has 3 atom stereocenters. The summed E-state index contributed by atoms with van der Waals surface area (Å²) >= 11 is 3.50. The summed E-state index contributed by atoms with van der Waals surface area (Å²) in [6, 6.07) is 3.57. The van der Waals surface area contributed by atoms with Crippen LogP contribution in [0, 0.1) is 0 Å². The van der Waals surface area contributed by atoms with Crippen LogP contribution in [0.5, 0.6) is 0 Å². The highest BCUT2D eigenvalue weighted by Crippen LogP contribution is 2.29. The fraction of sp³-hybridized carbons (Fsp3) is 0.400. The first kappa shape index (κ1) is 23.5. The van der Waals surface area contributed by atoms with Crippen molar-refractivity contribution < 1.29 is 29.0 Å². The molecule has 2 N–H and O–H groups in total. The number of aromatic nitrogens is 2.